The van der Waals surface area contributed by atoms with Gasteiger partial charge in [-0.1, -0.05) is 6.07 Å². The number of nitrogens with one attached hydrogen (secondary N) is 1. The van der Waals surface area contributed by atoms with E-state index in [1.54, 1.807) is 24.5 Å². The normalized spacial score (nSPS) is 10.2. The van der Waals surface area contributed by atoms with Crippen LogP contribution in [0.4, 0.5) is 4.39 Å². The fourth-order valence-electron chi connectivity index (χ4n) is 1.60. The van der Waals surface area contributed by atoms with Gasteiger partial charge < -0.3 is 5.32 Å². The number of aryl methyl sites for hydroxylation is 1. The molecule has 0 aliphatic carbocycles. The molecule has 96 valence electrons. The molecule has 2 aromatic rings. The fraction of sp³-hybridized carbons (Fsp3) is 0.214. The largest absolute Gasteiger partial charge is 0.307 e. The molecule has 1 aromatic heterocycles. The number of benzene rings is 1. The smallest absolute Gasteiger partial charge is 0.129 e. The molecule has 2 rings (SSSR count). The maximum Gasteiger partial charge on any atom is 0.129 e. The third kappa shape index (κ3) is 3.57. The number of rotatable bonds is 4. The van der Waals surface area contributed by atoms with Crippen molar-refractivity contribution in [2.45, 2.75) is 20.0 Å². The van der Waals surface area contributed by atoms with Gasteiger partial charge in [-0.05, 0) is 19.1 Å². The SMILES string of the molecule is Cc1cnc(CNCc2ccc(C#N)cc2F)cn1. The molecule has 0 radical (unpaired) electrons. The molecule has 19 heavy (non-hydrogen) atoms. The van der Waals surface area contributed by atoms with Crippen molar-refractivity contribution in [1.29, 1.82) is 5.26 Å². The highest BCUT2D eigenvalue weighted by Gasteiger charge is 2.03. The van der Waals surface area contributed by atoms with Crippen LogP contribution in [0.25, 0.3) is 0 Å². The molecule has 0 saturated heterocycles. The van der Waals surface area contributed by atoms with Gasteiger partial charge in [-0.25, -0.2) is 4.39 Å². The Balaban J connectivity index is 1.92. The van der Waals surface area contributed by atoms with E-state index in [0.717, 1.165) is 11.4 Å². The Hall–Kier alpha value is -2.32. The predicted molar refractivity (Wildman–Crippen MR) is 68.4 cm³/mol. The second kappa shape index (κ2) is 6.03. The predicted octanol–water partition coefficient (Wildman–Crippen LogP) is 2.09. The molecule has 0 saturated carbocycles. The fourth-order valence-corrected chi connectivity index (χ4v) is 1.60. The maximum atomic E-state index is 13.6. The summed E-state index contributed by atoms with van der Waals surface area (Å²) in [6, 6.07) is 6.36. The second-order valence-corrected chi connectivity index (χ2v) is 4.17. The van der Waals surface area contributed by atoms with E-state index in [9.17, 15) is 4.39 Å². The van der Waals surface area contributed by atoms with E-state index in [2.05, 4.69) is 15.3 Å². The van der Waals surface area contributed by atoms with Crippen LogP contribution in [0.5, 0.6) is 0 Å². The van der Waals surface area contributed by atoms with Crippen LogP contribution >= 0.6 is 0 Å². The van der Waals surface area contributed by atoms with E-state index >= 15 is 0 Å². The average Bonchev–Trinajstić information content (AvgIpc) is 2.42. The van der Waals surface area contributed by atoms with Crippen LogP contribution in [0.1, 0.15) is 22.5 Å². The summed E-state index contributed by atoms with van der Waals surface area (Å²) < 4.78 is 13.6. The van der Waals surface area contributed by atoms with Gasteiger partial charge >= 0.3 is 0 Å². The van der Waals surface area contributed by atoms with Gasteiger partial charge in [-0.3, -0.25) is 9.97 Å². The molecule has 0 aliphatic rings. The lowest BCUT2D eigenvalue weighted by Gasteiger charge is -2.06. The van der Waals surface area contributed by atoms with Crippen molar-refractivity contribution in [3.8, 4) is 6.07 Å². The summed E-state index contributed by atoms with van der Waals surface area (Å²) in [6.07, 6.45) is 3.39. The summed E-state index contributed by atoms with van der Waals surface area (Å²) in [5, 5.41) is 11.7. The minimum atomic E-state index is -0.374. The highest BCUT2D eigenvalue weighted by Crippen LogP contribution is 2.09. The van der Waals surface area contributed by atoms with Crippen molar-refractivity contribution < 1.29 is 4.39 Å². The third-order valence-corrected chi connectivity index (χ3v) is 2.64. The van der Waals surface area contributed by atoms with Gasteiger partial charge in [0, 0.05) is 31.0 Å². The quantitative estimate of drug-likeness (QED) is 0.909. The summed E-state index contributed by atoms with van der Waals surface area (Å²) in [5.74, 6) is -0.374. The standard InChI is InChI=1S/C14H13FN4/c1-10-6-19-13(9-18-10)8-17-7-12-3-2-11(5-16)4-14(12)15/h2-4,6,9,17H,7-8H2,1H3. The number of hydrogen-bond acceptors (Lipinski definition) is 4. The van der Waals surface area contributed by atoms with Crippen molar-refractivity contribution in [2.24, 2.45) is 0 Å². The lowest BCUT2D eigenvalue weighted by molar-refractivity contribution is 0.585. The molecule has 0 unspecified atom stereocenters. The summed E-state index contributed by atoms with van der Waals surface area (Å²) in [7, 11) is 0. The molecule has 5 heteroatoms. The minimum absolute atomic E-state index is 0.325. The van der Waals surface area contributed by atoms with Crippen LogP contribution in [0.15, 0.2) is 30.6 Å². The first-order valence-corrected chi connectivity index (χ1v) is 5.86. The summed E-state index contributed by atoms with van der Waals surface area (Å²) in [5.41, 5.74) is 2.52. The molecule has 0 amide bonds. The maximum absolute atomic E-state index is 13.6. The Morgan fingerprint density at radius 3 is 2.74 bits per heavy atom. The van der Waals surface area contributed by atoms with Gasteiger partial charge in [0.1, 0.15) is 5.82 Å². The average molecular weight is 256 g/mol. The molecule has 4 nitrogen and oxygen atoms in total. The van der Waals surface area contributed by atoms with Crippen molar-refractivity contribution in [3.05, 3.63) is 58.9 Å². The van der Waals surface area contributed by atoms with E-state index in [1.165, 1.54) is 6.07 Å². The number of nitriles is 1. The van der Waals surface area contributed by atoms with E-state index in [4.69, 9.17) is 5.26 Å². The Morgan fingerprint density at radius 1 is 1.26 bits per heavy atom. The molecule has 1 heterocycles. The van der Waals surface area contributed by atoms with E-state index in [-0.39, 0.29) is 5.82 Å². The Labute approximate surface area is 110 Å². The van der Waals surface area contributed by atoms with Gasteiger partial charge in [0.05, 0.1) is 23.0 Å². The number of nitrogens with zero attached hydrogens (tertiary/aromatic N) is 3. The van der Waals surface area contributed by atoms with Crippen LogP contribution < -0.4 is 5.32 Å². The molecule has 1 N–H and O–H groups in total. The van der Waals surface area contributed by atoms with E-state index in [1.807, 2.05) is 13.0 Å². The van der Waals surface area contributed by atoms with E-state index in [0.29, 0.717) is 24.2 Å². The third-order valence-electron chi connectivity index (χ3n) is 2.64. The monoisotopic (exact) mass is 256 g/mol. The molecule has 0 spiro atoms. The van der Waals surface area contributed by atoms with Crippen LogP contribution in [-0.4, -0.2) is 9.97 Å². The first-order chi connectivity index (χ1) is 9.19. The highest BCUT2D eigenvalue weighted by atomic mass is 19.1. The first kappa shape index (κ1) is 13.1. The molecule has 0 aliphatic heterocycles. The van der Waals surface area contributed by atoms with Crippen molar-refractivity contribution >= 4 is 0 Å². The van der Waals surface area contributed by atoms with Crippen molar-refractivity contribution in [3.63, 3.8) is 0 Å². The Morgan fingerprint density at radius 2 is 2.11 bits per heavy atom. The zero-order chi connectivity index (χ0) is 13.7. The van der Waals surface area contributed by atoms with Gasteiger partial charge in [0.15, 0.2) is 0 Å². The molecular formula is C14H13FN4. The molecule has 0 atom stereocenters. The Kier molecular flexibility index (Phi) is 4.16. The molecule has 0 bridgehead atoms. The lowest BCUT2D eigenvalue weighted by atomic mass is 10.1. The van der Waals surface area contributed by atoms with Crippen LogP contribution in [-0.2, 0) is 13.1 Å². The van der Waals surface area contributed by atoms with Crippen LogP contribution in [0.3, 0.4) is 0 Å². The van der Waals surface area contributed by atoms with Gasteiger partial charge in [0.2, 0.25) is 0 Å². The zero-order valence-electron chi connectivity index (χ0n) is 10.5. The van der Waals surface area contributed by atoms with Gasteiger partial charge in [0.25, 0.3) is 0 Å². The summed E-state index contributed by atoms with van der Waals surface area (Å²) in [6.45, 7) is 2.77. The van der Waals surface area contributed by atoms with Gasteiger partial charge in [-0.2, -0.15) is 5.26 Å². The first-order valence-electron chi connectivity index (χ1n) is 5.86. The number of hydrogen-bond donors (Lipinski definition) is 1. The molecular weight excluding hydrogens is 243 g/mol. The van der Waals surface area contributed by atoms with Crippen molar-refractivity contribution in [2.75, 3.05) is 0 Å². The van der Waals surface area contributed by atoms with Gasteiger partial charge in [-0.15, -0.1) is 0 Å². The number of halogens is 1. The molecule has 1 aromatic carbocycles. The van der Waals surface area contributed by atoms with Crippen LogP contribution in [0, 0.1) is 24.1 Å². The van der Waals surface area contributed by atoms with E-state index < -0.39 is 0 Å². The minimum Gasteiger partial charge on any atom is -0.307 e. The number of aromatic nitrogens is 2. The zero-order valence-corrected chi connectivity index (χ0v) is 10.5. The summed E-state index contributed by atoms with van der Waals surface area (Å²) in [4.78, 5) is 8.33. The summed E-state index contributed by atoms with van der Waals surface area (Å²) >= 11 is 0. The lowest BCUT2D eigenvalue weighted by Crippen LogP contribution is -2.15. The van der Waals surface area contributed by atoms with Crippen LogP contribution in [0.2, 0.25) is 0 Å². The highest BCUT2D eigenvalue weighted by molar-refractivity contribution is 5.32. The second-order valence-electron chi connectivity index (χ2n) is 4.17. The van der Waals surface area contributed by atoms with Crippen molar-refractivity contribution in [1.82, 2.24) is 15.3 Å². The topological polar surface area (TPSA) is 61.6 Å². The molecule has 0 fully saturated rings. The Bertz CT molecular complexity index is 602.